The van der Waals surface area contributed by atoms with Crippen molar-refractivity contribution in [3.8, 4) is 16.9 Å². The van der Waals surface area contributed by atoms with Gasteiger partial charge in [0.1, 0.15) is 5.75 Å². The van der Waals surface area contributed by atoms with Crippen molar-refractivity contribution in [1.82, 2.24) is 15.1 Å². The van der Waals surface area contributed by atoms with Gasteiger partial charge >= 0.3 is 0 Å². The number of carbonyl (C=O) groups is 1. The molecule has 1 atom stereocenters. The number of ether oxygens (including phenoxy) is 1. The van der Waals surface area contributed by atoms with Crippen molar-refractivity contribution < 1.29 is 19.5 Å². The minimum Gasteiger partial charge on any atom is -0.493 e. The number of aromatic amines is 1. The van der Waals surface area contributed by atoms with Crippen molar-refractivity contribution in [2.45, 2.75) is 26.8 Å². The molecule has 2 heterocycles. The third-order valence-electron chi connectivity index (χ3n) is 5.89. The van der Waals surface area contributed by atoms with Gasteiger partial charge in [-0.15, -0.1) is 0 Å². The summed E-state index contributed by atoms with van der Waals surface area (Å²) in [6.07, 6.45) is 3.29. The molecule has 0 saturated heterocycles. The smallest absolute Gasteiger partial charge is 0.254 e. The zero-order chi connectivity index (χ0) is 22.8. The molecule has 4 rings (SSSR count). The average Bonchev–Trinajstić information content (AvgIpc) is 3.31. The minimum absolute atomic E-state index is 0.143. The molecule has 0 fully saturated rings. The number of carbonyl (C=O) groups excluding carboxylic acids is 1. The van der Waals surface area contributed by atoms with Gasteiger partial charge in [0, 0.05) is 29.8 Å². The molecule has 4 aromatic rings. The summed E-state index contributed by atoms with van der Waals surface area (Å²) in [6.45, 7) is 6.16. The molecule has 0 saturated carbocycles. The van der Waals surface area contributed by atoms with Crippen LogP contribution in [0.4, 0.5) is 0 Å². The Morgan fingerprint density at radius 2 is 2.00 bits per heavy atom. The monoisotopic (exact) mass is 431 g/mol. The van der Waals surface area contributed by atoms with Gasteiger partial charge in [-0.1, -0.05) is 30.3 Å². The second-order valence-corrected chi connectivity index (χ2v) is 7.78. The number of pyridine rings is 1. The maximum absolute atomic E-state index is 13.4. The molecule has 164 valence electrons. The van der Waals surface area contributed by atoms with Crippen molar-refractivity contribution in [3.63, 3.8) is 0 Å². The largest absolute Gasteiger partial charge is 0.493 e. The second-order valence-electron chi connectivity index (χ2n) is 7.78. The first-order valence-corrected chi connectivity index (χ1v) is 10.6. The van der Waals surface area contributed by atoms with Crippen LogP contribution in [0.2, 0.25) is 0 Å². The lowest BCUT2D eigenvalue weighted by Crippen LogP contribution is -2.36. The van der Waals surface area contributed by atoms with Crippen molar-refractivity contribution in [2.24, 2.45) is 0 Å². The van der Waals surface area contributed by atoms with Crippen LogP contribution in [0.1, 0.15) is 41.5 Å². The van der Waals surface area contributed by atoms with Crippen LogP contribution < -0.4 is 9.47 Å². The van der Waals surface area contributed by atoms with Crippen LogP contribution in [0.15, 0.2) is 60.9 Å². The fraction of sp³-hybridized carbons (Fsp3) is 0.240. The maximum Gasteiger partial charge on any atom is 0.254 e. The molecule has 7 heteroatoms. The van der Waals surface area contributed by atoms with E-state index in [9.17, 15) is 10.0 Å². The first-order chi connectivity index (χ1) is 15.4. The summed E-state index contributed by atoms with van der Waals surface area (Å²) in [4.78, 5) is 15.0. The van der Waals surface area contributed by atoms with Gasteiger partial charge < -0.3 is 9.64 Å². The number of nitrogens with zero attached hydrogens (tertiary/aromatic N) is 3. The van der Waals surface area contributed by atoms with Crippen LogP contribution in [-0.4, -0.2) is 39.9 Å². The number of H-pyrrole nitrogens is 1. The molecule has 2 aromatic carbocycles. The molecule has 0 aliphatic carbocycles. The van der Waals surface area contributed by atoms with Gasteiger partial charge in [0.05, 0.1) is 35.3 Å². The zero-order valence-electron chi connectivity index (χ0n) is 18.7. The van der Waals surface area contributed by atoms with Crippen molar-refractivity contribution in [1.29, 1.82) is 0 Å². The van der Waals surface area contributed by atoms with Crippen LogP contribution in [-0.2, 0) is 0 Å². The summed E-state index contributed by atoms with van der Waals surface area (Å²) < 4.78 is 6.94. The summed E-state index contributed by atoms with van der Waals surface area (Å²) in [6, 6.07) is 15.2. The Bertz CT molecular complexity index is 1270. The van der Waals surface area contributed by atoms with Crippen LogP contribution in [0.5, 0.6) is 5.75 Å². The molecule has 0 aliphatic heterocycles. The third-order valence-corrected chi connectivity index (χ3v) is 5.89. The Balaban J connectivity index is 1.68. The molecule has 2 aromatic heterocycles. The van der Waals surface area contributed by atoms with E-state index in [1.807, 2.05) is 63.2 Å². The number of amides is 1. The molecule has 1 amide bonds. The second kappa shape index (κ2) is 8.70. The van der Waals surface area contributed by atoms with Gasteiger partial charge in [-0.2, -0.15) is 5.10 Å². The maximum atomic E-state index is 13.4. The molecular formula is C25H27N4O3+. The Morgan fingerprint density at radius 1 is 1.25 bits per heavy atom. The Hall–Kier alpha value is -3.87. The van der Waals surface area contributed by atoms with Gasteiger partial charge in [0.2, 0.25) is 11.9 Å². The van der Waals surface area contributed by atoms with E-state index < -0.39 is 0 Å². The number of benzene rings is 2. The van der Waals surface area contributed by atoms with E-state index in [0.29, 0.717) is 23.6 Å². The van der Waals surface area contributed by atoms with E-state index in [-0.39, 0.29) is 11.9 Å². The van der Waals surface area contributed by atoms with Gasteiger partial charge in [-0.05, 0) is 37.6 Å². The van der Waals surface area contributed by atoms with Gasteiger partial charge in [0.15, 0.2) is 0 Å². The zero-order valence-corrected chi connectivity index (χ0v) is 18.7. The van der Waals surface area contributed by atoms with Gasteiger partial charge in [-0.25, -0.2) is 0 Å². The first-order valence-electron chi connectivity index (χ1n) is 10.6. The number of rotatable bonds is 6. The number of aromatic nitrogens is 3. The lowest BCUT2D eigenvalue weighted by Gasteiger charge is -2.25. The van der Waals surface area contributed by atoms with Crippen LogP contribution >= 0.6 is 0 Å². The minimum atomic E-state index is -0.311. The predicted octanol–water partition coefficient (Wildman–Crippen LogP) is 4.30. The molecular weight excluding hydrogens is 404 g/mol. The Kier molecular flexibility index (Phi) is 5.81. The SMILES string of the molecule is CCOc1cc(C(=O)N(C)[C@@H](C)c2c[n+](O)c(C)c3cn[nH]c23)ccc1-c1ccccc1. The van der Waals surface area contributed by atoms with Gasteiger partial charge in [-0.3, -0.25) is 15.1 Å². The summed E-state index contributed by atoms with van der Waals surface area (Å²) in [7, 11) is 1.75. The highest BCUT2D eigenvalue weighted by atomic mass is 16.5. The molecule has 2 N–H and O–H groups in total. The normalized spacial score (nSPS) is 12.0. The molecule has 0 bridgehead atoms. The van der Waals surface area contributed by atoms with E-state index in [2.05, 4.69) is 10.2 Å². The number of aryl methyl sites for hydroxylation is 1. The molecule has 0 unspecified atom stereocenters. The average molecular weight is 432 g/mol. The number of hydrogen-bond donors (Lipinski definition) is 2. The lowest BCUT2D eigenvalue weighted by atomic mass is 10.0. The molecule has 0 aliphatic rings. The van der Waals surface area contributed by atoms with Crippen LogP contribution in [0.3, 0.4) is 0 Å². The van der Waals surface area contributed by atoms with Crippen molar-refractivity contribution in [3.05, 3.63) is 77.7 Å². The van der Waals surface area contributed by atoms with E-state index >= 15 is 0 Å². The Labute approximate surface area is 186 Å². The molecule has 7 nitrogen and oxygen atoms in total. The fourth-order valence-electron chi connectivity index (χ4n) is 3.89. The summed E-state index contributed by atoms with van der Waals surface area (Å²) in [5.74, 6) is 0.529. The third kappa shape index (κ3) is 3.77. The van der Waals surface area contributed by atoms with E-state index in [4.69, 9.17) is 4.74 Å². The van der Waals surface area contributed by atoms with Gasteiger partial charge in [0.25, 0.3) is 5.91 Å². The van der Waals surface area contributed by atoms with Crippen LogP contribution in [0, 0.1) is 6.92 Å². The van der Waals surface area contributed by atoms with E-state index in [0.717, 1.165) is 32.3 Å². The quantitative estimate of drug-likeness (QED) is 0.352. The Morgan fingerprint density at radius 3 is 2.72 bits per heavy atom. The summed E-state index contributed by atoms with van der Waals surface area (Å²) in [5, 5.41) is 18.2. The number of hydrogen-bond acceptors (Lipinski definition) is 4. The summed E-state index contributed by atoms with van der Waals surface area (Å²) in [5.41, 5.74) is 4.76. The standard InChI is InChI=1S/C25H26N4O3/c1-5-32-23-13-19(11-12-20(23)18-9-7-6-8-10-18)25(30)28(4)16(2)22-15-29(31)17(3)21-14-26-27-24(21)22/h6-16,31H,5H2,1-4H3/p+1/t16-/m0/s1. The van der Waals surface area contributed by atoms with E-state index in [1.165, 1.54) is 0 Å². The van der Waals surface area contributed by atoms with Crippen LogP contribution in [0.25, 0.3) is 22.0 Å². The van der Waals surface area contributed by atoms with Crippen molar-refractivity contribution in [2.75, 3.05) is 13.7 Å². The highest BCUT2D eigenvalue weighted by molar-refractivity contribution is 5.96. The van der Waals surface area contributed by atoms with Crippen molar-refractivity contribution >= 4 is 16.8 Å². The fourth-order valence-corrected chi connectivity index (χ4v) is 3.89. The lowest BCUT2D eigenvalue weighted by molar-refractivity contribution is -0.908. The molecule has 32 heavy (non-hydrogen) atoms. The molecule has 0 radical (unpaired) electrons. The summed E-state index contributed by atoms with van der Waals surface area (Å²) >= 11 is 0. The number of fused-ring (bicyclic) bond motifs is 1. The van der Waals surface area contributed by atoms with E-state index in [1.54, 1.807) is 30.4 Å². The first kappa shape index (κ1) is 21.4. The molecule has 0 spiro atoms. The number of nitrogens with one attached hydrogen (secondary N) is 1. The highest BCUT2D eigenvalue weighted by Gasteiger charge is 2.27. The highest BCUT2D eigenvalue weighted by Crippen LogP contribution is 2.32. The topological polar surface area (TPSA) is 82.3 Å². The predicted molar refractivity (Wildman–Crippen MR) is 122 cm³/mol.